The van der Waals surface area contributed by atoms with E-state index >= 15 is 0 Å². The molecule has 2 rings (SSSR count). The van der Waals surface area contributed by atoms with Crippen LogP contribution in [0.2, 0.25) is 0 Å². The molecule has 0 aromatic rings. The second kappa shape index (κ2) is 6.15. The van der Waals surface area contributed by atoms with Crippen LogP contribution in [0.3, 0.4) is 0 Å². The van der Waals surface area contributed by atoms with Crippen molar-refractivity contribution in [3.8, 4) is 0 Å². The molecule has 2 atom stereocenters. The van der Waals surface area contributed by atoms with Gasteiger partial charge in [-0.05, 0) is 31.6 Å². The number of rotatable bonds is 4. The zero-order valence-corrected chi connectivity index (χ0v) is 11.0. The Morgan fingerprint density at radius 2 is 1.56 bits per heavy atom. The van der Waals surface area contributed by atoms with Crippen LogP contribution in [0.25, 0.3) is 0 Å². The van der Waals surface area contributed by atoms with Gasteiger partial charge in [-0.3, -0.25) is 4.21 Å². The van der Waals surface area contributed by atoms with Crippen molar-refractivity contribution in [3.05, 3.63) is 0 Å². The highest BCUT2D eigenvalue weighted by atomic mass is 32.2. The molecule has 0 spiro atoms. The fraction of sp³-hybridized carbons (Fsp3) is 1.00. The SMILES string of the molecule is NC(CS(=O)C1CCCC1)C1CCCCC1. The van der Waals surface area contributed by atoms with E-state index in [2.05, 4.69) is 0 Å². The summed E-state index contributed by atoms with van der Waals surface area (Å²) in [5.74, 6) is 1.41. The average molecular weight is 243 g/mol. The van der Waals surface area contributed by atoms with Crippen LogP contribution in [0.1, 0.15) is 57.8 Å². The third-order valence-corrected chi connectivity index (χ3v) is 6.21. The Morgan fingerprint density at radius 3 is 2.19 bits per heavy atom. The van der Waals surface area contributed by atoms with Gasteiger partial charge in [0, 0.05) is 27.8 Å². The molecule has 16 heavy (non-hydrogen) atoms. The van der Waals surface area contributed by atoms with Crippen molar-refractivity contribution in [1.29, 1.82) is 0 Å². The molecule has 0 aromatic carbocycles. The van der Waals surface area contributed by atoms with Crippen LogP contribution in [0.15, 0.2) is 0 Å². The summed E-state index contributed by atoms with van der Waals surface area (Å²) in [6, 6.07) is 0.196. The number of hydrogen-bond acceptors (Lipinski definition) is 2. The van der Waals surface area contributed by atoms with E-state index in [4.69, 9.17) is 5.73 Å². The Bertz CT molecular complexity index is 232. The van der Waals surface area contributed by atoms with Gasteiger partial charge >= 0.3 is 0 Å². The van der Waals surface area contributed by atoms with E-state index in [1.807, 2.05) is 0 Å². The second-order valence-electron chi connectivity index (χ2n) is 5.52. The summed E-state index contributed by atoms with van der Waals surface area (Å²) in [6.45, 7) is 0. The fourth-order valence-corrected chi connectivity index (χ4v) is 4.96. The molecule has 2 fully saturated rings. The highest BCUT2D eigenvalue weighted by Crippen LogP contribution is 2.28. The van der Waals surface area contributed by atoms with Gasteiger partial charge in [0.2, 0.25) is 0 Å². The third-order valence-electron chi connectivity index (χ3n) is 4.29. The van der Waals surface area contributed by atoms with Crippen LogP contribution in [0.5, 0.6) is 0 Å². The number of hydrogen-bond donors (Lipinski definition) is 1. The first kappa shape index (κ1) is 12.6. The fourth-order valence-electron chi connectivity index (χ4n) is 3.18. The maximum Gasteiger partial charge on any atom is 0.0392 e. The van der Waals surface area contributed by atoms with Crippen molar-refractivity contribution in [1.82, 2.24) is 0 Å². The summed E-state index contributed by atoms with van der Waals surface area (Å²) >= 11 is 0. The lowest BCUT2D eigenvalue weighted by Gasteiger charge is -2.27. The average Bonchev–Trinajstić information content (AvgIpc) is 2.83. The van der Waals surface area contributed by atoms with Crippen molar-refractivity contribution in [2.24, 2.45) is 11.7 Å². The van der Waals surface area contributed by atoms with Crippen LogP contribution in [0.4, 0.5) is 0 Å². The van der Waals surface area contributed by atoms with Gasteiger partial charge in [0.25, 0.3) is 0 Å². The molecule has 0 amide bonds. The summed E-state index contributed by atoms with van der Waals surface area (Å²) in [7, 11) is -0.652. The molecule has 2 saturated carbocycles. The van der Waals surface area contributed by atoms with E-state index in [-0.39, 0.29) is 6.04 Å². The second-order valence-corrected chi connectivity index (χ2v) is 7.28. The molecule has 2 nitrogen and oxygen atoms in total. The Hall–Kier alpha value is 0.110. The zero-order chi connectivity index (χ0) is 11.4. The third kappa shape index (κ3) is 3.30. The standard InChI is InChI=1S/C13H25NOS/c14-13(11-6-2-1-3-7-11)10-16(15)12-8-4-5-9-12/h11-13H,1-10,14H2. The lowest BCUT2D eigenvalue weighted by Crippen LogP contribution is -2.38. The van der Waals surface area contributed by atoms with E-state index < -0.39 is 10.8 Å². The normalized spacial score (nSPS) is 28.1. The van der Waals surface area contributed by atoms with Gasteiger partial charge in [-0.25, -0.2) is 0 Å². The predicted octanol–water partition coefficient (Wildman–Crippen LogP) is 2.59. The van der Waals surface area contributed by atoms with Crippen LogP contribution < -0.4 is 5.73 Å². The Balaban J connectivity index is 1.76. The van der Waals surface area contributed by atoms with E-state index in [9.17, 15) is 4.21 Å². The van der Waals surface area contributed by atoms with Crippen LogP contribution in [0, 0.1) is 5.92 Å². The van der Waals surface area contributed by atoms with Crippen LogP contribution in [-0.4, -0.2) is 21.3 Å². The molecule has 0 radical (unpaired) electrons. The first-order valence-electron chi connectivity index (χ1n) is 6.90. The largest absolute Gasteiger partial charge is 0.327 e. The topological polar surface area (TPSA) is 43.1 Å². The van der Waals surface area contributed by atoms with Crippen LogP contribution >= 0.6 is 0 Å². The molecule has 2 aliphatic rings. The smallest absolute Gasteiger partial charge is 0.0392 e. The Kier molecular flexibility index (Phi) is 4.83. The Labute approximate surface area is 102 Å². The summed E-state index contributed by atoms with van der Waals surface area (Å²) in [4.78, 5) is 0. The molecule has 0 aromatic heterocycles. The van der Waals surface area contributed by atoms with Gasteiger partial charge in [0.15, 0.2) is 0 Å². The summed E-state index contributed by atoms with van der Waals surface area (Å²) in [5, 5.41) is 0.467. The maximum absolute atomic E-state index is 12.1. The molecule has 0 bridgehead atoms. The highest BCUT2D eigenvalue weighted by Gasteiger charge is 2.26. The van der Waals surface area contributed by atoms with Crippen molar-refractivity contribution in [3.63, 3.8) is 0 Å². The van der Waals surface area contributed by atoms with Gasteiger partial charge in [0.1, 0.15) is 0 Å². The minimum Gasteiger partial charge on any atom is -0.327 e. The minimum atomic E-state index is -0.652. The zero-order valence-electron chi connectivity index (χ0n) is 10.2. The van der Waals surface area contributed by atoms with E-state index in [0.29, 0.717) is 11.2 Å². The van der Waals surface area contributed by atoms with Gasteiger partial charge in [-0.15, -0.1) is 0 Å². The van der Waals surface area contributed by atoms with Crippen LogP contribution in [-0.2, 0) is 10.8 Å². The van der Waals surface area contributed by atoms with Crippen molar-refractivity contribution in [2.45, 2.75) is 69.1 Å². The molecule has 2 unspecified atom stereocenters. The first-order valence-corrected chi connectivity index (χ1v) is 8.28. The molecule has 2 aliphatic carbocycles. The quantitative estimate of drug-likeness (QED) is 0.824. The van der Waals surface area contributed by atoms with Gasteiger partial charge < -0.3 is 5.73 Å². The molecule has 3 heteroatoms. The molecule has 0 heterocycles. The maximum atomic E-state index is 12.1. The van der Waals surface area contributed by atoms with E-state index in [1.54, 1.807) is 0 Å². The van der Waals surface area contributed by atoms with Gasteiger partial charge in [-0.2, -0.15) is 0 Å². The minimum absolute atomic E-state index is 0.196. The highest BCUT2D eigenvalue weighted by molar-refractivity contribution is 7.85. The first-order chi connectivity index (χ1) is 7.77. The van der Waals surface area contributed by atoms with Crippen molar-refractivity contribution >= 4 is 10.8 Å². The molecular weight excluding hydrogens is 218 g/mol. The summed E-state index contributed by atoms with van der Waals surface area (Å²) < 4.78 is 12.1. The molecule has 0 aliphatic heterocycles. The van der Waals surface area contributed by atoms with E-state index in [1.165, 1.54) is 57.8 Å². The lowest BCUT2D eigenvalue weighted by atomic mass is 9.85. The van der Waals surface area contributed by atoms with Gasteiger partial charge in [0.05, 0.1) is 0 Å². The van der Waals surface area contributed by atoms with E-state index in [0.717, 1.165) is 5.75 Å². The monoisotopic (exact) mass is 243 g/mol. The number of nitrogens with two attached hydrogens (primary N) is 1. The lowest BCUT2D eigenvalue weighted by molar-refractivity contribution is 0.318. The Morgan fingerprint density at radius 1 is 1.00 bits per heavy atom. The molecule has 94 valence electrons. The summed E-state index contributed by atoms with van der Waals surface area (Å²) in [6.07, 6.45) is 11.4. The van der Waals surface area contributed by atoms with Gasteiger partial charge in [-0.1, -0.05) is 32.1 Å². The van der Waals surface area contributed by atoms with Crippen molar-refractivity contribution < 1.29 is 4.21 Å². The van der Waals surface area contributed by atoms with Crippen molar-refractivity contribution in [2.75, 3.05) is 5.75 Å². The molecular formula is C13H25NOS. The predicted molar refractivity (Wildman–Crippen MR) is 69.8 cm³/mol. The summed E-state index contributed by atoms with van der Waals surface area (Å²) in [5.41, 5.74) is 6.22. The molecule has 2 N–H and O–H groups in total. The molecule has 0 saturated heterocycles.